The van der Waals surface area contributed by atoms with Crippen molar-refractivity contribution in [3.05, 3.63) is 35.9 Å². The van der Waals surface area contributed by atoms with Crippen molar-refractivity contribution in [3.8, 4) is 0 Å². The second kappa shape index (κ2) is 9.91. The van der Waals surface area contributed by atoms with Gasteiger partial charge in [-0.2, -0.15) is 0 Å². The molecule has 1 fully saturated rings. The summed E-state index contributed by atoms with van der Waals surface area (Å²) in [5, 5.41) is 0. The molecule has 2 atom stereocenters. The van der Waals surface area contributed by atoms with Crippen LogP contribution in [0, 0.1) is 0 Å². The molecule has 0 aromatic heterocycles. The molecule has 7 heteroatoms. The first-order chi connectivity index (χ1) is 12.6. The fourth-order valence-electron chi connectivity index (χ4n) is 3.06. The summed E-state index contributed by atoms with van der Waals surface area (Å²) in [6.45, 7) is 2.46. The summed E-state index contributed by atoms with van der Waals surface area (Å²) in [6.07, 6.45) is 0.600. The van der Waals surface area contributed by atoms with Gasteiger partial charge in [-0.05, 0) is 18.9 Å². The van der Waals surface area contributed by atoms with E-state index in [0.717, 1.165) is 5.56 Å². The molecule has 0 bridgehead atoms. The van der Waals surface area contributed by atoms with Crippen LogP contribution in [0.4, 0.5) is 0 Å². The molecule has 2 rings (SSSR count). The van der Waals surface area contributed by atoms with Crippen LogP contribution in [-0.4, -0.2) is 55.2 Å². The Morgan fingerprint density at radius 3 is 2.65 bits per heavy atom. The zero-order valence-corrected chi connectivity index (χ0v) is 15.2. The molecule has 7 nitrogen and oxygen atoms in total. The Balaban J connectivity index is 2.07. The summed E-state index contributed by atoms with van der Waals surface area (Å²) >= 11 is 0. The summed E-state index contributed by atoms with van der Waals surface area (Å²) in [5.41, 5.74) is 0.986. The number of carbonyl (C=O) groups is 3. The molecule has 1 aromatic carbocycles. The van der Waals surface area contributed by atoms with E-state index in [4.69, 9.17) is 14.2 Å². The van der Waals surface area contributed by atoms with Gasteiger partial charge in [0.15, 0.2) is 0 Å². The summed E-state index contributed by atoms with van der Waals surface area (Å²) in [4.78, 5) is 37.7. The Labute approximate surface area is 153 Å². The van der Waals surface area contributed by atoms with Crippen LogP contribution in [0.5, 0.6) is 0 Å². The number of hydrogen-bond donors (Lipinski definition) is 0. The van der Waals surface area contributed by atoms with Crippen LogP contribution in [-0.2, 0) is 35.2 Å². The largest absolute Gasteiger partial charge is 0.467 e. The molecule has 0 aliphatic carbocycles. The van der Waals surface area contributed by atoms with E-state index in [1.54, 1.807) is 6.92 Å². The number of hydrogen-bond acceptors (Lipinski definition) is 6. The second-order valence-corrected chi connectivity index (χ2v) is 6.04. The number of methoxy groups -OCH3 is 1. The maximum Gasteiger partial charge on any atom is 0.328 e. The first-order valence-electron chi connectivity index (χ1n) is 8.73. The highest BCUT2D eigenvalue weighted by Gasteiger charge is 2.41. The molecular formula is C19H25NO6. The number of likely N-dealkylation sites (tertiary alicyclic amines) is 1. The standard InChI is InChI=1S/C19H25NO6/c1-3-26-18(22)11-15(13-25-12-14-7-5-4-6-8-14)20-16(19(23)24-2)9-10-17(20)21/h4-8,15-16H,3,9-13H2,1-2H3. The molecule has 1 aliphatic rings. The fraction of sp³-hybridized carbons (Fsp3) is 0.526. The average Bonchev–Trinajstić information content (AvgIpc) is 3.03. The summed E-state index contributed by atoms with van der Waals surface area (Å²) < 4.78 is 15.5. The van der Waals surface area contributed by atoms with Crippen molar-refractivity contribution < 1.29 is 28.6 Å². The lowest BCUT2D eigenvalue weighted by atomic mass is 10.1. The smallest absolute Gasteiger partial charge is 0.328 e. The zero-order valence-electron chi connectivity index (χ0n) is 15.2. The SMILES string of the molecule is CCOC(=O)CC(COCc1ccccc1)N1C(=O)CCC1C(=O)OC. The van der Waals surface area contributed by atoms with Gasteiger partial charge in [0.05, 0.1) is 39.4 Å². The van der Waals surface area contributed by atoms with Crippen LogP contribution >= 0.6 is 0 Å². The van der Waals surface area contributed by atoms with Gasteiger partial charge < -0.3 is 19.1 Å². The van der Waals surface area contributed by atoms with E-state index < -0.39 is 24.0 Å². The van der Waals surface area contributed by atoms with E-state index in [9.17, 15) is 14.4 Å². The molecule has 2 unspecified atom stereocenters. The molecule has 0 N–H and O–H groups in total. The molecule has 1 heterocycles. The maximum atomic E-state index is 12.3. The predicted molar refractivity (Wildman–Crippen MR) is 93.0 cm³/mol. The Hall–Kier alpha value is -2.41. The van der Waals surface area contributed by atoms with Crippen LogP contribution in [0.2, 0.25) is 0 Å². The molecular weight excluding hydrogens is 338 g/mol. The van der Waals surface area contributed by atoms with Gasteiger partial charge in [0, 0.05) is 6.42 Å². The van der Waals surface area contributed by atoms with Crippen molar-refractivity contribution in [2.75, 3.05) is 20.3 Å². The topological polar surface area (TPSA) is 82.1 Å². The summed E-state index contributed by atoms with van der Waals surface area (Å²) in [7, 11) is 1.29. The molecule has 1 aromatic rings. The quantitative estimate of drug-likeness (QED) is 0.621. The van der Waals surface area contributed by atoms with Gasteiger partial charge in [-0.1, -0.05) is 30.3 Å². The average molecular weight is 363 g/mol. The van der Waals surface area contributed by atoms with Gasteiger partial charge in [0.25, 0.3) is 0 Å². The van der Waals surface area contributed by atoms with Crippen molar-refractivity contribution in [3.63, 3.8) is 0 Å². The lowest BCUT2D eigenvalue weighted by molar-refractivity contribution is -0.155. The van der Waals surface area contributed by atoms with E-state index in [2.05, 4.69) is 0 Å². The minimum Gasteiger partial charge on any atom is -0.467 e. The number of rotatable bonds is 9. The van der Waals surface area contributed by atoms with Crippen molar-refractivity contribution in [1.29, 1.82) is 0 Å². The van der Waals surface area contributed by atoms with Gasteiger partial charge in [-0.15, -0.1) is 0 Å². The van der Waals surface area contributed by atoms with Gasteiger partial charge >= 0.3 is 11.9 Å². The predicted octanol–water partition coefficient (Wildman–Crippen LogP) is 1.69. The zero-order chi connectivity index (χ0) is 18.9. The molecule has 0 spiro atoms. The van der Waals surface area contributed by atoms with Crippen LogP contribution in [0.25, 0.3) is 0 Å². The second-order valence-electron chi connectivity index (χ2n) is 6.04. The van der Waals surface area contributed by atoms with Gasteiger partial charge in [-0.25, -0.2) is 4.79 Å². The minimum atomic E-state index is -0.688. The number of nitrogens with zero attached hydrogens (tertiary/aromatic N) is 1. The molecule has 1 saturated heterocycles. The van der Waals surface area contributed by atoms with Crippen LogP contribution < -0.4 is 0 Å². The maximum absolute atomic E-state index is 12.3. The van der Waals surface area contributed by atoms with Crippen LogP contribution in [0.15, 0.2) is 30.3 Å². The highest BCUT2D eigenvalue weighted by Crippen LogP contribution is 2.25. The highest BCUT2D eigenvalue weighted by molar-refractivity contribution is 5.88. The van der Waals surface area contributed by atoms with Gasteiger partial charge in [-0.3, -0.25) is 9.59 Å². The first-order valence-corrected chi connectivity index (χ1v) is 8.73. The number of amides is 1. The molecule has 0 radical (unpaired) electrons. The Morgan fingerprint density at radius 1 is 1.27 bits per heavy atom. The van der Waals surface area contributed by atoms with Crippen molar-refractivity contribution in [2.45, 2.75) is 44.9 Å². The van der Waals surface area contributed by atoms with E-state index in [-0.39, 0.29) is 32.0 Å². The van der Waals surface area contributed by atoms with Crippen molar-refractivity contribution in [1.82, 2.24) is 4.90 Å². The highest BCUT2D eigenvalue weighted by atomic mass is 16.5. The van der Waals surface area contributed by atoms with E-state index in [1.807, 2.05) is 30.3 Å². The van der Waals surface area contributed by atoms with E-state index in [0.29, 0.717) is 13.0 Å². The number of ether oxygens (including phenoxy) is 3. The van der Waals surface area contributed by atoms with Crippen LogP contribution in [0.1, 0.15) is 31.7 Å². The lowest BCUT2D eigenvalue weighted by Gasteiger charge is -2.31. The molecule has 1 amide bonds. The van der Waals surface area contributed by atoms with E-state index in [1.165, 1.54) is 12.0 Å². The Morgan fingerprint density at radius 2 is 2.00 bits per heavy atom. The van der Waals surface area contributed by atoms with Crippen LogP contribution in [0.3, 0.4) is 0 Å². The van der Waals surface area contributed by atoms with E-state index >= 15 is 0 Å². The monoisotopic (exact) mass is 363 g/mol. The third kappa shape index (κ3) is 5.29. The molecule has 0 saturated carbocycles. The third-order valence-corrected chi connectivity index (χ3v) is 4.25. The number of esters is 2. The van der Waals surface area contributed by atoms with Gasteiger partial charge in [0.1, 0.15) is 6.04 Å². The van der Waals surface area contributed by atoms with Crippen molar-refractivity contribution >= 4 is 17.8 Å². The Kier molecular flexibility index (Phi) is 7.59. The number of benzene rings is 1. The summed E-state index contributed by atoms with van der Waals surface area (Å²) in [6, 6.07) is 8.33. The summed E-state index contributed by atoms with van der Waals surface area (Å²) in [5.74, 6) is -1.09. The first kappa shape index (κ1) is 19.9. The minimum absolute atomic E-state index is 0.0259. The molecule has 142 valence electrons. The van der Waals surface area contributed by atoms with Crippen molar-refractivity contribution in [2.24, 2.45) is 0 Å². The fourth-order valence-corrected chi connectivity index (χ4v) is 3.06. The Bertz CT molecular complexity index is 618. The lowest BCUT2D eigenvalue weighted by Crippen LogP contribution is -2.49. The molecule has 26 heavy (non-hydrogen) atoms. The molecule has 1 aliphatic heterocycles. The number of carbonyl (C=O) groups excluding carboxylic acids is 3. The van der Waals surface area contributed by atoms with Gasteiger partial charge in [0.2, 0.25) is 5.91 Å². The normalized spacial score (nSPS) is 17.8. The third-order valence-electron chi connectivity index (χ3n) is 4.25.